The van der Waals surface area contributed by atoms with Crippen LogP contribution in [0.3, 0.4) is 0 Å². The number of fused-ring (bicyclic) bond motifs is 1. The van der Waals surface area contributed by atoms with Gasteiger partial charge in [0.15, 0.2) is 5.82 Å². The number of aryl methyl sites for hydroxylation is 2. The molecular weight excluding hydrogens is 250 g/mol. The van der Waals surface area contributed by atoms with Crippen LogP contribution >= 0.6 is 0 Å². The smallest absolute Gasteiger partial charge is 0.172 e. The molecule has 20 heavy (non-hydrogen) atoms. The number of anilines is 2. The molecule has 0 aliphatic carbocycles. The van der Waals surface area contributed by atoms with Crippen LogP contribution in [0.15, 0.2) is 12.1 Å². The highest BCUT2D eigenvalue weighted by molar-refractivity contribution is 5.81. The summed E-state index contributed by atoms with van der Waals surface area (Å²) in [5.74, 6) is 0.787. The van der Waals surface area contributed by atoms with Crippen LogP contribution in [0.5, 0.6) is 0 Å². The van der Waals surface area contributed by atoms with Crippen LogP contribution in [-0.4, -0.2) is 47.8 Å². The summed E-state index contributed by atoms with van der Waals surface area (Å²) in [6, 6.07) is 4.12. The molecule has 0 radical (unpaired) electrons. The van der Waals surface area contributed by atoms with Crippen LogP contribution in [-0.2, 0) is 0 Å². The van der Waals surface area contributed by atoms with Gasteiger partial charge < -0.3 is 15.5 Å². The van der Waals surface area contributed by atoms with Crippen molar-refractivity contribution in [2.45, 2.75) is 20.8 Å². The third kappa shape index (κ3) is 2.72. The standard InChI is InChI=1S/C15H26N5/c1-6-20(4,5)10-9-17-15-14(16)13-8-7-11(2)12(3)19(13)18-15/h7-8H,6,9-10,16H2,1-5H3,(H,17,18)/q+1. The lowest BCUT2D eigenvalue weighted by molar-refractivity contribution is -0.886. The first-order chi connectivity index (χ1) is 9.35. The SMILES string of the molecule is CC[N+](C)(C)CCNc1nn2c(C)c(C)ccc2c1N. The first-order valence-electron chi connectivity index (χ1n) is 7.16. The Kier molecular flexibility index (Phi) is 3.90. The molecule has 2 rings (SSSR count). The summed E-state index contributed by atoms with van der Waals surface area (Å²) in [6.07, 6.45) is 0. The maximum Gasteiger partial charge on any atom is 0.172 e. The average Bonchev–Trinajstić information content (AvgIpc) is 2.72. The van der Waals surface area contributed by atoms with Crippen molar-refractivity contribution in [3.63, 3.8) is 0 Å². The highest BCUT2D eigenvalue weighted by atomic mass is 15.3. The molecule has 2 aromatic rings. The molecule has 2 heterocycles. The van der Waals surface area contributed by atoms with E-state index < -0.39 is 0 Å². The van der Waals surface area contributed by atoms with Crippen molar-refractivity contribution in [3.8, 4) is 0 Å². The van der Waals surface area contributed by atoms with Gasteiger partial charge in [-0.15, -0.1) is 5.10 Å². The summed E-state index contributed by atoms with van der Waals surface area (Å²) in [5, 5.41) is 7.96. The normalized spacial score (nSPS) is 12.1. The monoisotopic (exact) mass is 276 g/mol. The molecule has 5 heteroatoms. The molecule has 0 aliphatic heterocycles. The zero-order valence-electron chi connectivity index (χ0n) is 13.2. The molecular formula is C15H26N5+. The fourth-order valence-corrected chi connectivity index (χ4v) is 2.12. The zero-order chi connectivity index (χ0) is 14.9. The number of aromatic nitrogens is 2. The lowest BCUT2D eigenvalue weighted by atomic mass is 10.2. The Morgan fingerprint density at radius 2 is 2.00 bits per heavy atom. The number of rotatable bonds is 5. The highest BCUT2D eigenvalue weighted by Crippen LogP contribution is 2.25. The number of hydrogen-bond acceptors (Lipinski definition) is 3. The van der Waals surface area contributed by atoms with Crippen LogP contribution in [0.1, 0.15) is 18.2 Å². The van der Waals surface area contributed by atoms with Gasteiger partial charge in [0.25, 0.3) is 0 Å². The molecule has 0 bridgehead atoms. The Labute approximate surface area is 121 Å². The van der Waals surface area contributed by atoms with Crippen molar-refractivity contribution in [1.82, 2.24) is 9.61 Å². The minimum Gasteiger partial charge on any atom is -0.394 e. The Balaban J connectivity index is 2.19. The number of pyridine rings is 1. The number of nitrogens with one attached hydrogen (secondary N) is 1. The van der Waals surface area contributed by atoms with Crippen molar-refractivity contribution < 1.29 is 4.48 Å². The predicted octanol–water partition coefficient (Wildman–Crippen LogP) is 2.04. The molecule has 0 saturated carbocycles. The fraction of sp³-hybridized carbons (Fsp3) is 0.533. The summed E-state index contributed by atoms with van der Waals surface area (Å²) in [4.78, 5) is 0. The second kappa shape index (κ2) is 5.32. The predicted molar refractivity (Wildman–Crippen MR) is 85.1 cm³/mol. The van der Waals surface area contributed by atoms with Gasteiger partial charge in [-0.05, 0) is 32.4 Å². The molecule has 0 amide bonds. The zero-order valence-corrected chi connectivity index (χ0v) is 13.2. The molecule has 2 aromatic heterocycles. The molecule has 0 spiro atoms. The van der Waals surface area contributed by atoms with E-state index in [-0.39, 0.29) is 0 Å². The number of quaternary nitrogens is 1. The van der Waals surface area contributed by atoms with Gasteiger partial charge in [0.1, 0.15) is 5.69 Å². The van der Waals surface area contributed by atoms with Crippen LogP contribution in [0.2, 0.25) is 0 Å². The van der Waals surface area contributed by atoms with Crippen LogP contribution < -0.4 is 11.1 Å². The highest BCUT2D eigenvalue weighted by Gasteiger charge is 2.14. The first-order valence-corrected chi connectivity index (χ1v) is 7.16. The van der Waals surface area contributed by atoms with E-state index in [0.29, 0.717) is 0 Å². The largest absolute Gasteiger partial charge is 0.394 e. The van der Waals surface area contributed by atoms with Gasteiger partial charge in [-0.3, -0.25) is 0 Å². The van der Waals surface area contributed by atoms with Crippen LogP contribution in [0, 0.1) is 13.8 Å². The Bertz CT molecular complexity index is 612. The summed E-state index contributed by atoms with van der Waals surface area (Å²) in [6.45, 7) is 9.37. The van der Waals surface area contributed by atoms with Gasteiger partial charge in [-0.25, -0.2) is 4.52 Å². The number of nitrogens with zero attached hydrogens (tertiary/aromatic N) is 3. The van der Waals surface area contributed by atoms with Gasteiger partial charge in [0.05, 0.1) is 39.2 Å². The molecule has 5 nitrogen and oxygen atoms in total. The molecule has 0 saturated heterocycles. The van der Waals surface area contributed by atoms with E-state index in [1.54, 1.807) is 0 Å². The number of nitrogens with two attached hydrogens (primary N) is 1. The van der Waals surface area contributed by atoms with Crippen molar-refractivity contribution in [3.05, 3.63) is 23.4 Å². The number of likely N-dealkylation sites (N-methyl/N-ethyl adjacent to an activating group) is 1. The Morgan fingerprint density at radius 1 is 1.30 bits per heavy atom. The molecule has 110 valence electrons. The van der Waals surface area contributed by atoms with Crippen molar-refractivity contribution in [2.75, 3.05) is 44.8 Å². The quantitative estimate of drug-likeness (QED) is 0.822. The van der Waals surface area contributed by atoms with E-state index in [0.717, 1.165) is 46.8 Å². The summed E-state index contributed by atoms with van der Waals surface area (Å²) in [7, 11) is 4.45. The van der Waals surface area contributed by atoms with E-state index in [4.69, 9.17) is 5.73 Å². The van der Waals surface area contributed by atoms with Crippen molar-refractivity contribution in [1.29, 1.82) is 0 Å². The summed E-state index contributed by atoms with van der Waals surface area (Å²) >= 11 is 0. The van der Waals surface area contributed by atoms with Gasteiger partial charge in [-0.1, -0.05) is 6.07 Å². The third-order valence-corrected chi connectivity index (χ3v) is 4.20. The lowest BCUT2D eigenvalue weighted by Crippen LogP contribution is -2.42. The van der Waals surface area contributed by atoms with Crippen LogP contribution in [0.4, 0.5) is 11.5 Å². The maximum absolute atomic E-state index is 6.19. The average molecular weight is 276 g/mol. The Morgan fingerprint density at radius 3 is 2.65 bits per heavy atom. The van der Waals surface area contributed by atoms with E-state index in [2.05, 4.69) is 51.3 Å². The molecule has 0 fully saturated rings. The Hall–Kier alpha value is -1.75. The molecule has 0 aromatic carbocycles. The topological polar surface area (TPSA) is 55.4 Å². The molecule has 0 aliphatic rings. The number of hydrogen-bond donors (Lipinski definition) is 2. The second-order valence-corrected chi connectivity index (χ2v) is 6.06. The van der Waals surface area contributed by atoms with E-state index in [1.165, 1.54) is 5.56 Å². The van der Waals surface area contributed by atoms with E-state index in [1.807, 2.05) is 10.6 Å². The van der Waals surface area contributed by atoms with Crippen molar-refractivity contribution >= 4 is 17.0 Å². The first kappa shape index (κ1) is 14.7. The van der Waals surface area contributed by atoms with E-state index >= 15 is 0 Å². The molecule has 0 atom stereocenters. The lowest BCUT2D eigenvalue weighted by Gasteiger charge is -2.28. The van der Waals surface area contributed by atoms with Gasteiger partial charge in [0.2, 0.25) is 0 Å². The van der Waals surface area contributed by atoms with E-state index in [9.17, 15) is 0 Å². The molecule has 3 N–H and O–H groups in total. The summed E-state index contributed by atoms with van der Waals surface area (Å²) < 4.78 is 2.91. The fourth-order valence-electron chi connectivity index (χ4n) is 2.12. The van der Waals surface area contributed by atoms with Gasteiger partial charge in [-0.2, -0.15) is 0 Å². The minimum absolute atomic E-state index is 0.731. The van der Waals surface area contributed by atoms with Gasteiger partial charge >= 0.3 is 0 Å². The minimum atomic E-state index is 0.731. The third-order valence-electron chi connectivity index (χ3n) is 4.20. The second-order valence-electron chi connectivity index (χ2n) is 6.06. The number of nitrogen functional groups attached to an aromatic ring is 1. The maximum atomic E-state index is 6.19. The van der Waals surface area contributed by atoms with Crippen LogP contribution in [0.25, 0.3) is 5.52 Å². The molecule has 0 unspecified atom stereocenters. The van der Waals surface area contributed by atoms with Gasteiger partial charge in [0, 0.05) is 5.69 Å². The van der Waals surface area contributed by atoms with Crippen molar-refractivity contribution in [2.24, 2.45) is 0 Å². The summed E-state index contributed by atoms with van der Waals surface area (Å²) in [5.41, 5.74) is 10.2.